The van der Waals surface area contributed by atoms with Gasteiger partial charge < -0.3 is 34.9 Å². The summed E-state index contributed by atoms with van der Waals surface area (Å²) in [7, 11) is 0. The molecule has 5 aromatic rings. The Labute approximate surface area is 355 Å². The van der Waals surface area contributed by atoms with Crippen molar-refractivity contribution in [2.45, 2.75) is 63.1 Å². The second kappa shape index (κ2) is 17.5. The van der Waals surface area contributed by atoms with Crippen LogP contribution >= 0.6 is 23.2 Å². The van der Waals surface area contributed by atoms with Gasteiger partial charge in [0.05, 0.1) is 27.4 Å². The number of hydrogen-bond acceptors (Lipinski definition) is 8. The maximum Gasteiger partial charge on any atom is 0.326 e. The molecule has 304 valence electrons. The Kier molecular flexibility index (Phi) is 11.7. The van der Waals surface area contributed by atoms with Gasteiger partial charge in [0, 0.05) is 31.6 Å². The number of carbonyl (C=O) groups excluding carboxylic acids is 3. The average molecular weight is 846 g/mol. The molecule has 4 atom stereocenters. The Hall–Kier alpha value is -6.39. The van der Waals surface area contributed by atoms with Crippen molar-refractivity contribution in [3.05, 3.63) is 147 Å². The summed E-state index contributed by atoms with van der Waals surface area (Å²) in [6, 6.07) is 30.0. The summed E-state index contributed by atoms with van der Waals surface area (Å²) in [6.45, 7) is 0.734. The van der Waals surface area contributed by atoms with Gasteiger partial charge in [-0.2, -0.15) is 5.26 Å². The van der Waals surface area contributed by atoms with Crippen LogP contribution in [-0.4, -0.2) is 58.5 Å². The monoisotopic (exact) mass is 844 g/mol. The largest absolute Gasteiger partial charge is 0.489 e. The van der Waals surface area contributed by atoms with Gasteiger partial charge in [-0.15, -0.1) is 0 Å². The second-order valence-electron chi connectivity index (χ2n) is 14.9. The van der Waals surface area contributed by atoms with E-state index in [-0.39, 0.29) is 37.8 Å². The lowest BCUT2D eigenvalue weighted by molar-refractivity contribution is -0.150. The Balaban J connectivity index is 0.974. The van der Waals surface area contributed by atoms with Crippen LogP contribution in [0.15, 0.2) is 103 Å². The molecule has 8 rings (SSSR count). The fourth-order valence-corrected chi connectivity index (χ4v) is 7.96. The molecule has 12 nitrogen and oxygen atoms in total. The molecular weight excluding hydrogens is 807 g/mol. The zero-order chi connectivity index (χ0) is 41.9. The highest BCUT2D eigenvalue weighted by atomic mass is 35.5. The summed E-state index contributed by atoms with van der Waals surface area (Å²) >= 11 is 12.1. The van der Waals surface area contributed by atoms with E-state index in [1.165, 1.54) is 4.90 Å². The number of nitrogens with zero attached hydrogens (tertiary/aromatic N) is 2. The fraction of sp³-hybridized carbons (Fsp3) is 0.239. The molecule has 0 aliphatic carbocycles. The molecular formula is C46H38Cl2N4O8. The second-order valence-corrected chi connectivity index (χ2v) is 15.7. The molecule has 0 bridgehead atoms. The first-order chi connectivity index (χ1) is 29.0. The molecule has 5 aromatic carbocycles. The lowest BCUT2D eigenvalue weighted by Crippen LogP contribution is -2.57. The number of anilines is 1. The molecule has 1 fully saturated rings. The molecule has 3 heterocycles. The highest BCUT2D eigenvalue weighted by molar-refractivity contribution is 6.42. The predicted molar refractivity (Wildman–Crippen MR) is 223 cm³/mol. The van der Waals surface area contributed by atoms with Crippen LogP contribution in [0.1, 0.15) is 52.3 Å². The van der Waals surface area contributed by atoms with Gasteiger partial charge in [0.2, 0.25) is 12.0 Å². The molecule has 3 N–H and O–H groups in total. The number of ether oxygens (including phenoxy) is 3. The Morgan fingerprint density at radius 2 is 1.63 bits per heavy atom. The molecule has 1 saturated heterocycles. The summed E-state index contributed by atoms with van der Waals surface area (Å²) in [6.07, 6.45) is -0.402. The first-order valence-electron chi connectivity index (χ1n) is 19.4. The third-order valence-electron chi connectivity index (χ3n) is 10.9. The van der Waals surface area contributed by atoms with Crippen molar-refractivity contribution in [3.63, 3.8) is 0 Å². The van der Waals surface area contributed by atoms with Crippen molar-refractivity contribution in [2.24, 2.45) is 0 Å². The van der Waals surface area contributed by atoms with Crippen LogP contribution in [0, 0.1) is 11.3 Å². The van der Waals surface area contributed by atoms with Gasteiger partial charge in [-0.05, 0) is 94.8 Å². The van der Waals surface area contributed by atoms with E-state index in [0.29, 0.717) is 68.9 Å². The van der Waals surface area contributed by atoms with E-state index < -0.39 is 36.2 Å². The van der Waals surface area contributed by atoms with Gasteiger partial charge in [-0.3, -0.25) is 14.4 Å². The van der Waals surface area contributed by atoms with E-state index in [1.54, 1.807) is 72.8 Å². The summed E-state index contributed by atoms with van der Waals surface area (Å²) < 4.78 is 17.9. The number of benzene rings is 5. The summed E-state index contributed by atoms with van der Waals surface area (Å²) in [5, 5.41) is 25.8. The topological polar surface area (TPSA) is 167 Å². The van der Waals surface area contributed by atoms with Crippen LogP contribution in [0.4, 0.5) is 5.69 Å². The standard InChI is InChI=1S/C46H38Cl2N4O8/c47-35-16-7-28(18-36(35)48)25-59-34-14-12-31(13-15-34)42-44(54)50-37-20-32-21-39(52(24-33(32)22-41(37)60-42)45(55)40-2-1-17-58-40)43(53)51-38(46(56)57)19-26-3-8-29(9-4-26)30-10-5-27(23-49)6-11-30/h3-16,18,20,22,38-40,42H,1-2,17,19,21,24-25H2,(H,50,54)(H,51,53)(H,56,57)/t38-,39-,40+,42?/m0/s1. The van der Waals surface area contributed by atoms with E-state index in [2.05, 4.69) is 16.7 Å². The van der Waals surface area contributed by atoms with Crippen LogP contribution in [0.3, 0.4) is 0 Å². The van der Waals surface area contributed by atoms with Crippen molar-refractivity contribution < 1.29 is 38.5 Å². The number of aliphatic carboxylic acids is 1. The van der Waals surface area contributed by atoms with Crippen molar-refractivity contribution in [1.29, 1.82) is 5.26 Å². The van der Waals surface area contributed by atoms with Crippen LogP contribution in [0.2, 0.25) is 10.0 Å². The van der Waals surface area contributed by atoms with Crippen molar-refractivity contribution >= 4 is 52.6 Å². The minimum atomic E-state index is -1.28. The lowest BCUT2D eigenvalue weighted by Gasteiger charge is -2.38. The Morgan fingerprint density at radius 3 is 2.30 bits per heavy atom. The molecule has 3 amide bonds. The van der Waals surface area contributed by atoms with Crippen LogP contribution in [-0.2, 0) is 49.9 Å². The smallest absolute Gasteiger partial charge is 0.326 e. The number of carbonyl (C=O) groups is 4. The number of hydrogen-bond donors (Lipinski definition) is 3. The normalized spacial score (nSPS) is 18.5. The van der Waals surface area contributed by atoms with Crippen LogP contribution in [0.5, 0.6) is 11.5 Å². The number of carboxylic acid groups (broad SMARTS) is 1. The van der Waals surface area contributed by atoms with Gasteiger partial charge in [0.25, 0.3) is 11.8 Å². The zero-order valence-corrected chi connectivity index (χ0v) is 33.5. The predicted octanol–water partition coefficient (Wildman–Crippen LogP) is 7.43. The van der Waals surface area contributed by atoms with Gasteiger partial charge in [-0.1, -0.05) is 77.8 Å². The molecule has 3 aliphatic rings. The maximum atomic E-state index is 14.1. The highest BCUT2D eigenvalue weighted by Gasteiger charge is 2.41. The molecule has 0 aromatic heterocycles. The molecule has 0 saturated carbocycles. The number of carboxylic acids is 1. The van der Waals surface area contributed by atoms with E-state index in [4.69, 9.17) is 42.7 Å². The van der Waals surface area contributed by atoms with Crippen molar-refractivity contribution in [3.8, 4) is 28.7 Å². The van der Waals surface area contributed by atoms with Crippen LogP contribution in [0.25, 0.3) is 11.1 Å². The van der Waals surface area contributed by atoms with E-state index in [9.17, 15) is 24.3 Å². The van der Waals surface area contributed by atoms with Crippen LogP contribution < -0.4 is 20.1 Å². The number of nitrogens with one attached hydrogen (secondary N) is 2. The first-order valence-corrected chi connectivity index (χ1v) is 20.1. The number of rotatable bonds is 11. The van der Waals surface area contributed by atoms with Gasteiger partial charge in [0.15, 0.2) is 0 Å². The molecule has 3 aliphatic heterocycles. The van der Waals surface area contributed by atoms with Crippen molar-refractivity contribution in [2.75, 3.05) is 11.9 Å². The SMILES string of the molecule is N#Cc1ccc(-c2ccc(C[C@H](NC(=O)[C@@H]3Cc4cc5c(cc4CN3C(=O)[C@H]3CCCO3)OC(c3ccc(OCc4ccc(Cl)c(Cl)c4)cc3)C(=O)N5)C(=O)O)cc2)cc1. The summed E-state index contributed by atoms with van der Waals surface area (Å²) in [4.78, 5) is 55.4. The molecule has 14 heteroatoms. The van der Waals surface area contributed by atoms with Gasteiger partial charge >= 0.3 is 5.97 Å². The minimum absolute atomic E-state index is 0.00421. The summed E-state index contributed by atoms with van der Waals surface area (Å²) in [5.74, 6) is -1.59. The fourth-order valence-electron chi connectivity index (χ4n) is 7.64. The Bertz CT molecular complexity index is 2500. The lowest BCUT2D eigenvalue weighted by atomic mass is 9.91. The van der Waals surface area contributed by atoms with Gasteiger partial charge in [0.1, 0.15) is 36.3 Å². The Morgan fingerprint density at radius 1 is 0.917 bits per heavy atom. The number of nitriles is 1. The zero-order valence-electron chi connectivity index (χ0n) is 32.0. The maximum absolute atomic E-state index is 14.1. The number of amides is 3. The van der Waals surface area contributed by atoms with Crippen molar-refractivity contribution in [1.82, 2.24) is 10.2 Å². The molecule has 0 spiro atoms. The third kappa shape index (κ3) is 8.79. The molecule has 0 radical (unpaired) electrons. The minimum Gasteiger partial charge on any atom is -0.489 e. The van der Waals surface area contributed by atoms with E-state index >= 15 is 0 Å². The number of halogens is 2. The van der Waals surface area contributed by atoms with E-state index in [1.807, 2.05) is 30.3 Å². The molecule has 1 unspecified atom stereocenters. The van der Waals surface area contributed by atoms with Gasteiger partial charge in [-0.25, -0.2) is 4.79 Å². The molecule has 60 heavy (non-hydrogen) atoms. The third-order valence-corrected chi connectivity index (χ3v) is 11.6. The summed E-state index contributed by atoms with van der Waals surface area (Å²) in [5.41, 5.74) is 6.32. The van der Waals surface area contributed by atoms with E-state index in [0.717, 1.165) is 22.3 Å². The number of fused-ring (bicyclic) bond motifs is 2. The average Bonchev–Trinajstić information content (AvgIpc) is 3.81. The first kappa shape index (κ1) is 40.4. The highest BCUT2D eigenvalue weighted by Crippen LogP contribution is 2.40. The quantitative estimate of drug-likeness (QED) is 0.123.